The first kappa shape index (κ1) is 19.0. The minimum atomic E-state index is -0.944. The highest BCUT2D eigenvalue weighted by atomic mass is 16.2. The van der Waals surface area contributed by atoms with Gasteiger partial charge in [-0.2, -0.15) is 0 Å². The van der Waals surface area contributed by atoms with Gasteiger partial charge in [0.15, 0.2) is 0 Å². The van der Waals surface area contributed by atoms with E-state index in [1.165, 1.54) is 4.68 Å². The van der Waals surface area contributed by atoms with Crippen molar-refractivity contribution in [2.75, 3.05) is 11.9 Å². The number of carbonyl (C=O) groups excluding carboxylic acids is 3. The maximum Gasteiger partial charge on any atom is 0.325 e. The molecule has 0 spiro atoms. The molecule has 1 saturated carbocycles. The van der Waals surface area contributed by atoms with E-state index >= 15 is 0 Å². The maximum absolute atomic E-state index is 12.9. The normalized spacial score (nSPS) is 21.4. The van der Waals surface area contributed by atoms with Crippen LogP contribution in [0.25, 0.3) is 5.69 Å². The Morgan fingerprint density at radius 1 is 1.21 bits per heavy atom. The number of benzene rings is 1. The first-order chi connectivity index (χ1) is 13.7. The number of nitrogens with zero attached hydrogens (tertiary/aromatic N) is 3. The average molecular weight is 397 g/mol. The largest absolute Gasteiger partial charge is 0.325 e. The quantitative estimate of drug-likeness (QED) is 0.738. The summed E-state index contributed by atoms with van der Waals surface area (Å²) in [5, 5.41) is 5.29. The number of amides is 4. The summed E-state index contributed by atoms with van der Waals surface area (Å²) in [7, 11) is 1.72. The van der Waals surface area contributed by atoms with Crippen LogP contribution in [0.5, 0.6) is 0 Å². The Labute approximate surface area is 167 Å². The lowest BCUT2D eigenvalue weighted by atomic mass is 9.96. The van der Waals surface area contributed by atoms with E-state index in [1.54, 1.807) is 37.7 Å². The Kier molecular flexibility index (Phi) is 4.33. The van der Waals surface area contributed by atoms with Crippen LogP contribution in [0.3, 0.4) is 0 Å². The third kappa shape index (κ3) is 3.02. The topological polar surface area (TPSA) is 105 Å². The van der Waals surface area contributed by atoms with E-state index < -0.39 is 29.9 Å². The molecular weight excluding hydrogens is 374 g/mol. The molecule has 1 aliphatic carbocycles. The number of aromatic nitrogens is 2. The summed E-state index contributed by atoms with van der Waals surface area (Å²) in [6, 6.07) is 8.48. The van der Waals surface area contributed by atoms with Gasteiger partial charge in [-0.05, 0) is 44.7 Å². The number of carbonyl (C=O) groups is 3. The van der Waals surface area contributed by atoms with Crippen LogP contribution in [-0.4, -0.2) is 44.2 Å². The predicted molar refractivity (Wildman–Crippen MR) is 106 cm³/mol. The number of urea groups is 1. The van der Waals surface area contributed by atoms with Crippen LogP contribution < -0.4 is 16.2 Å². The van der Waals surface area contributed by atoms with Crippen molar-refractivity contribution in [1.29, 1.82) is 0 Å². The zero-order valence-electron chi connectivity index (χ0n) is 16.6. The van der Waals surface area contributed by atoms with Crippen LogP contribution in [0.15, 0.2) is 35.1 Å². The van der Waals surface area contributed by atoms with Crippen molar-refractivity contribution in [2.45, 2.75) is 32.2 Å². The minimum Gasteiger partial charge on any atom is -0.323 e. The molecule has 2 N–H and O–H groups in total. The van der Waals surface area contributed by atoms with Gasteiger partial charge >= 0.3 is 6.03 Å². The monoisotopic (exact) mass is 397 g/mol. The van der Waals surface area contributed by atoms with E-state index in [1.807, 2.05) is 18.2 Å². The average Bonchev–Trinajstić information content (AvgIpc) is 3.49. The molecule has 29 heavy (non-hydrogen) atoms. The molecule has 152 valence electrons. The lowest BCUT2D eigenvalue weighted by molar-refractivity contribution is -0.134. The van der Waals surface area contributed by atoms with Gasteiger partial charge < -0.3 is 10.6 Å². The first-order valence-electron chi connectivity index (χ1n) is 9.52. The molecule has 1 aliphatic heterocycles. The number of hydrogen-bond donors (Lipinski definition) is 2. The standard InChI is InChI=1S/C20H23N5O4/c1-12-16(17(27)25(23(12)3)14-7-5-4-6-8-14)21-15(26)11-24-18(28)20(2,13-9-10-13)22-19(24)29/h4-8,13H,9-11H2,1-3H3,(H,21,26)(H,22,29)/t20-/m1/s1. The lowest BCUT2D eigenvalue weighted by Crippen LogP contribution is -2.46. The molecule has 2 aromatic rings. The number of imide groups is 1. The summed E-state index contributed by atoms with van der Waals surface area (Å²) in [4.78, 5) is 51.3. The molecule has 1 aromatic heterocycles. The second kappa shape index (κ2) is 6.61. The third-order valence-corrected chi connectivity index (χ3v) is 5.82. The molecule has 2 fully saturated rings. The molecule has 2 aliphatic rings. The highest BCUT2D eigenvalue weighted by Crippen LogP contribution is 2.42. The van der Waals surface area contributed by atoms with Gasteiger partial charge in [0.1, 0.15) is 17.8 Å². The van der Waals surface area contributed by atoms with E-state index in [9.17, 15) is 19.2 Å². The highest BCUT2D eigenvalue weighted by Gasteiger charge is 2.56. The second-order valence-corrected chi connectivity index (χ2v) is 7.78. The van der Waals surface area contributed by atoms with Gasteiger partial charge in [-0.25, -0.2) is 9.48 Å². The molecule has 0 unspecified atom stereocenters. The van der Waals surface area contributed by atoms with Crippen LogP contribution in [-0.2, 0) is 16.6 Å². The Morgan fingerprint density at radius 2 is 1.86 bits per heavy atom. The molecule has 9 nitrogen and oxygen atoms in total. The van der Waals surface area contributed by atoms with Gasteiger partial charge in [0.05, 0.1) is 11.4 Å². The van der Waals surface area contributed by atoms with Crippen LogP contribution in [0.1, 0.15) is 25.5 Å². The van der Waals surface area contributed by atoms with Crippen LogP contribution >= 0.6 is 0 Å². The summed E-state index contributed by atoms with van der Waals surface area (Å²) in [5.41, 5.74) is 0.0214. The van der Waals surface area contributed by atoms with Crippen LogP contribution in [0, 0.1) is 12.8 Å². The van der Waals surface area contributed by atoms with Crippen molar-refractivity contribution in [2.24, 2.45) is 13.0 Å². The summed E-state index contributed by atoms with van der Waals surface area (Å²) in [5.74, 6) is -0.882. The fourth-order valence-corrected chi connectivity index (χ4v) is 3.83. The third-order valence-electron chi connectivity index (χ3n) is 5.82. The minimum absolute atomic E-state index is 0.112. The van der Waals surface area contributed by atoms with Gasteiger partial charge in [-0.3, -0.25) is 24.0 Å². The molecule has 1 aromatic carbocycles. The molecule has 9 heteroatoms. The summed E-state index contributed by atoms with van der Waals surface area (Å²) in [6.07, 6.45) is 1.76. The molecule has 0 radical (unpaired) electrons. The molecular formula is C20H23N5O4. The predicted octanol–water partition coefficient (Wildman–Crippen LogP) is 1.14. The highest BCUT2D eigenvalue weighted by molar-refractivity contribution is 6.10. The number of anilines is 1. The second-order valence-electron chi connectivity index (χ2n) is 7.78. The zero-order chi connectivity index (χ0) is 20.9. The fraction of sp³-hybridized carbons (Fsp3) is 0.400. The van der Waals surface area contributed by atoms with E-state index in [0.717, 1.165) is 17.7 Å². The lowest BCUT2D eigenvalue weighted by Gasteiger charge is -2.20. The number of para-hydroxylation sites is 1. The molecule has 2 heterocycles. The van der Waals surface area contributed by atoms with Crippen molar-refractivity contribution in [3.8, 4) is 5.69 Å². The van der Waals surface area contributed by atoms with Gasteiger partial charge in [0.25, 0.3) is 11.5 Å². The first-order valence-corrected chi connectivity index (χ1v) is 9.52. The van der Waals surface area contributed by atoms with Crippen molar-refractivity contribution < 1.29 is 14.4 Å². The molecule has 1 atom stereocenters. The Bertz CT molecular complexity index is 1070. The molecule has 4 amide bonds. The van der Waals surface area contributed by atoms with E-state index in [-0.39, 0.29) is 17.2 Å². The van der Waals surface area contributed by atoms with Crippen molar-refractivity contribution in [1.82, 2.24) is 19.6 Å². The Hall–Kier alpha value is -3.36. The van der Waals surface area contributed by atoms with Gasteiger partial charge in [0.2, 0.25) is 5.91 Å². The molecule has 4 rings (SSSR count). The van der Waals surface area contributed by atoms with E-state index in [4.69, 9.17) is 0 Å². The maximum atomic E-state index is 12.9. The van der Waals surface area contributed by atoms with E-state index in [0.29, 0.717) is 11.4 Å². The van der Waals surface area contributed by atoms with Crippen molar-refractivity contribution >= 4 is 23.5 Å². The summed E-state index contributed by atoms with van der Waals surface area (Å²) in [6.45, 7) is 2.98. The molecule has 1 saturated heterocycles. The molecule has 0 bridgehead atoms. The number of hydrogen-bond acceptors (Lipinski definition) is 4. The fourth-order valence-electron chi connectivity index (χ4n) is 3.83. The zero-order valence-corrected chi connectivity index (χ0v) is 16.6. The summed E-state index contributed by atoms with van der Waals surface area (Å²) >= 11 is 0. The SMILES string of the molecule is Cc1c(NC(=O)CN2C(=O)N[C@](C)(C3CC3)C2=O)c(=O)n(-c2ccccc2)n1C. The Balaban J connectivity index is 1.55. The van der Waals surface area contributed by atoms with Gasteiger partial charge in [0, 0.05) is 7.05 Å². The smallest absolute Gasteiger partial charge is 0.323 e. The Morgan fingerprint density at radius 3 is 2.48 bits per heavy atom. The van der Waals surface area contributed by atoms with Crippen LogP contribution in [0.2, 0.25) is 0 Å². The van der Waals surface area contributed by atoms with E-state index in [2.05, 4.69) is 10.6 Å². The van der Waals surface area contributed by atoms with Crippen molar-refractivity contribution in [3.05, 3.63) is 46.4 Å². The van der Waals surface area contributed by atoms with Gasteiger partial charge in [-0.1, -0.05) is 18.2 Å². The number of nitrogens with one attached hydrogen (secondary N) is 2. The van der Waals surface area contributed by atoms with Crippen molar-refractivity contribution in [3.63, 3.8) is 0 Å². The number of rotatable bonds is 5. The summed E-state index contributed by atoms with van der Waals surface area (Å²) < 4.78 is 3.09. The van der Waals surface area contributed by atoms with Gasteiger partial charge in [-0.15, -0.1) is 0 Å². The van der Waals surface area contributed by atoms with Crippen LogP contribution in [0.4, 0.5) is 10.5 Å².